The minimum Gasteiger partial charge on any atom is -0.356 e. The Hall–Kier alpha value is -2.71. The average Bonchev–Trinajstić information content (AvgIpc) is 2.68. The molecule has 0 radical (unpaired) electrons. The lowest BCUT2D eigenvalue weighted by Gasteiger charge is -2.22. The molecular weight excluding hydrogens is 402 g/mol. The third-order valence-corrected chi connectivity index (χ3v) is 6.09. The standard InChI is InChI=1S/C22H29N3O4S/c1-16(2)21(15-22(27)23-14-13-18-7-5-4-6-8-18)25-30(28,29)20-11-9-19(10-12-20)24-17(3)26/h4-12,16,21,25H,13-15H2,1-3H3,(H,23,27)(H,24,26)/t21-/m1/s1. The fourth-order valence-electron chi connectivity index (χ4n) is 2.86. The predicted octanol–water partition coefficient (Wildman–Crippen LogP) is 2.70. The summed E-state index contributed by atoms with van der Waals surface area (Å²) >= 11 is 0. The van der Waals surface area contributed by atoms with Crippen molar-refractivity contribution in [3.63, 3.8) is 0 Å². The van der Waals surface area contributed by atoms with Gasteiger partial charge in [-0.05, 0) is 42.2 Å². The molecule has 2 rings (SSSR count). The first-order chi connectivity index (χ1) is 14.2. The minimum atomic E-state index is -3.80. The van der Waals surface area contributed by atoms with Gasteiger partial charge in [-0.15, -0.1) is 0 Å². The van der Waals surface area contributed by atoms with Gasteiger partial charge in [0.05, 0.1) is 4.90 Å². The molecule has 0 aromatic heterocycles. The Bertz CT molecular complexity index is 942. The first-order valence-corrected chi connectivity index (χ1v) is 11.4. The monoisotopic (exact) mass is 431 g/mol. The van der Waals surface area contributed by atoms with Gasteiger partial charge in [0.25, 0.3) is 0 Å². The molecule has 162 valence electrons. The summed E-state index contributed by atoms with van der Waals surface area (Å²) in [5, 5.41) is 5.45. The molecule has 8 heteroatoms. The van der Waals surface area contributed by atoms with Crippen LogP contribution in [-0.4, -0.2) is 32.8 Å². The third-order valence-electron chi connectivity index (χ3n) is 4.58. The zero-order valence-corrected chi connectivity index (χ0v) is 18.3. The highest BCUT2D eigenvalue weighted by Gasteiger charge is 2.24. The molecule has 1 atom stereocenters. The molecular formula is C22H29N3O4S. The van der Waals surface area contributed by atoms with Crippen LogP contribution in [0.2, 0.25) is 0 Å². The molecule has 0 unspecified atom stereocenters. The quantitative estimate of drug-likeness (QED) is 0.538. The maximum absolute atomic E-state index is 12.7. The van der Waals surface area contributed by atoms with Gasteiger partial charge in [-0.1, -0.05) is 44.2 Å². The number of sulfonamides is 1. The van der Waals surface area contributed by atoms with Crippen LogP contribution in [0.5, 0.6) is 0 Å². The molecule has 2 aromatic carbocycles. The van der Waals surface area contributed by atoms with Crippen LogP contribution in [0.15, 0.2) is 59.5 Å². The van der Waals surface area contributed by atoms with E-state index in [1.165, 1.54) is 31.2 Å². The first-order valence-electron chi connectivity index (χ1n) is 9.88. The molecule has 7 nitrogen and oxygen atoms in total. The number of anilines is 1. The molecule has 0 saturated carbocycles. The number of rotatable bonds is 10. The first kappa shape index (κ1) is 23.6. The second kappa shape index (κ2) is 10.9. The van der Waals surface area contributed by atoms with E-state index in [9.17, 15) is 18.0 Å². The van der Waals surface area contributed by atoms with E-state index in [1.54, 1.807) is 0 Å². The molecule has 0 spiro atoms. The zero-order chi connectivity index (χ0) is 22.1. The van der Waals surface area contributed by atoms with Gasteiger partial charge >= 0.3 is 0 Å². The van der Waals surface area contributed by atoms with E-state index in [2.05, 4.69) is 15.4 Å². The molecule has 30 heavy (non-hydrogen) atoms. The van der Waals surface area contributed by atoms with Crippen LogP contribution in [0.25, 0.3) is 0 Å². The fraction of sp³-hybridized carbons (Fsp3) is 0.364. The van der Waals surface area contributed by atoms with E-state index in [4.69, 9.17) is 0 Å². The van der Waals surface area contributed by atoms with Crippen LogP contribution < -0.4 is 15.4 Å². The zero-order valence-electron chi connectivity index (χ0n) is 17.5. The van der Waals surface area contributed by atoms with Crippen LogP contribution in [0, 0.1) is 5.92 Å². The van der Waals surface area contributed by atoms with E-state index in [0.29, 0.717) is 18.7 Å². The van der Waals surface area contributed by atoms with Crippen LogP contribution in [0.3, 0.4) is 0 Å². The van der Waals surface area contributed by atoms with Gasteiger partial charge in [0.1, 0.15) is 0 Å². The lowest BCUT2D eigenvalue weighted by Crippen LogP contribution is -2.42. The van der Waals surface area contributed by atoms with E-state index < -0.39 is 16.1 Å². The molecule has 2 amide bonds. The smallest absolute Gasteiger partial charge is 0.240 e. The summed E-state index contributed by atoms with van der Waals surface area (Å²) in [5.74, 6) is -0.506. The molecule has 0 aliphatic rings. The van der Waals surface area contributed by atoms with E-state index in [-0.39, 0.29) is 29.0 Å². The summed E-state index contributed by atoms with van der Waals surface area (Å²) in [6, 6.07) is 15.2. The van der Waals surface area contributed by atoms with Crippen LogP contribution in [-0.2, 0) is 26.0 Å². The van der Waals surface area contributed by atoms with Crippen molar-refractivity contribution in [1.29, 1.82) is 0 Å². The van der Waals surface area contributed by atoms with Crippen molar-refractivity contribution in [2.45, 2.75) is 44.6 Å². The van der Waals surface area contributed by atoms with E-state index >= 15 is 0 Å². The lowest BCUT2D eigenvalue weighted by molar-refractivity contribution is -0.121. The van der Waals surface area contributed by atoms with Crippen LogP contribution in [0.1, 0.15) is 32.8 Å². The van der Waals surface area contributed by atoms with Crippen molar-refractivity contribution in [3.8, 4) is 0 Å². The molecule has 0 fully saturated rings. The number of hydrogen-bond donors (Lipinski definition) is 3. The predicted molar refractivity (Wildman–Crippen MR) is 117 cm³/mol. The van der Waals surface area contributed by atoms with Crippen molar-refractivity contribution < 1.29 is 18.0 Å². The van der Waals surface area contributed by atoms with Gasteiger partial charge in [0, 0.05) is 31.6 Å². The summed E-state index contributed by atoms with van der Waals surface area (Å²) in [4.78, 5) is 23.5. The summed E-state index contributed by atoms with van der Waals surface area (Å²) in [6.07, 6.45) is 0.765. The van der Waals surface area contributed by atoms with E-state index in [1.807, 2.05) is 44.2 Å². The Balaban J connectivity index is 1.94. The largest absolute Gasteiger partial charge is 0.356 e. The Labute approximate surface area is 178 Å². The Morgan fingerprint density at radius 3 is 2.17 bits per heavy atom. The van der Waals surface area contributed by atoms with Gasteiger partial charge in [-0.2, -0.15) is 0 Å². The third kappa shape index (κ3) is 7.61. The maximum Gasteiger partial charge on any atom is 0.240 e. The fourth-order valence-corrected chi connectivity index (χ4v) is 4.25. The molecule has 0 bridgehead atoms. The molecule has 0 aliphatic carbocycles. The van der Waals surface area contributed by atoms with Crippen molar-refractivity contribution in [3.05, 3.63) is 60.2 Å². The minimum absolute atomic E-state index is 0.0513. The van der Waals surface area contributed by atoms with E-state index in [0.717, 1.165) is 5.56 Å². The second-order valence-corrected chi connectivity index (χ2v) is 9.18. The summed E-state index contributed by atoms with van der Waals surface area (Å²) in [7, 11) is -3.80. The van der Waals surface area contributed by atoms with Gasteiger partial charge in [-0.25, -0.2) is 13.1 Å². The molecule has 0 heterocycles. The normalized spacial score (nSPS) is 12.4. The van der Waals surface area contributed by atoms with Gasteiger partial charge in [0.15, 0.2) is 0 Å². The topological polar surface area (TPSA) is 104 Å². The van der Waals surface area contributed by atoms with Crippen molar-refractivity contribution >= 4 is 27.5 Å². The van der Waals surface area contributed by atoms with Gasteiger partial charge in [0.2, 0.25) is 21.8 Å². The molecule has 3 N–H and O–H groups in total. The number of hydrogen-bond acceptors (Lipinski definition) is 4. The van der Waals surface area contributed by atoms with Gasteiger partial charge < -0.3 is 10.6 Å². The van der Waals surface area contributed by atoms with Crippen molar-refractivity contribution in [1.82, 2.24) is 10.0 Å². The second-order valence-electron chi connectivity index (χ2n) is 7.47. The molecule has 2 aromatic rings. The highest BCUT2D eigenvalue weighted by molar-refractivity contribution is 7.89. The number of nitrogens with one attached hydrogen (secondary N) is 3. The average molecular weight is 432 g/mol. The molecule has 0 saturated heterocycles. The van der Waals surface area contributed by atoms with Crippen molar-refractivity contribution in [2.75, 3.05) is 11.9 Å². The summed E-state index contributed by atoms with van der Waals surface area (Å²) in [5.41, 5.74) is 1.64. The summed E-state index contributed by atoms with van der Waals surface area (Å²) < 4.78 is 28.1. The summed E-state index contributed by atoms with van der Waals surface area (Å²) in [6.45, 7) is 5.60. The Kier molecular flexibility index (Phi) is 8.56. The Morgan fingerprint density at radius 1 is 0.967 bits per heavy atom. The number of amides is 2. The number of benzene rings is 2. The highest BCUT2D eigenvalue weighted by atomic mass is 32.2. The van der Waals surface area contributed by atoms with Crippen LogP contribution >= 0.6 is 0 Å². The number of carbonyl (C=O) groups excluding carboxylic acids is 2. The SMILES string of the molecule is CC(=O)Nc1ccc(S(=O)(=O)N[C@H](CC(=O)NCCc2ccccc2)C(C)C)cc1. The molecule has 0 aliphatic heterocycles. The highest BCUT2D eigenvalue weighted by Crippen LogP contribution is 2.17. The van der Waals surface area contributed by atoms with Gasteiger partial charge in [-0.3, -0.25) is 9.59 Å². The van der Waals surface area contributed by atoms with Crippen molar-refractivity contribution in [2.24, 2.45) is 5.92 Å². The Morgan fingerprint density at radius 2 is 1.60 bits per heavy atom. The number of carbonyl (C=O) groups is 2. The lowest BCUT2D eigenvalue weighted by atomic mass is 10.0. The maximum atomic E-state index is 12.7. The van der Waals surface area contributed by atoms with Crippen LogP contribution in [0.4, 0.5) is 5.69 Å².